The summed E-state index contributed by atoms with van der Waals surface area (Å²) in [7, 11) is 0. The Bertz CT molecular complexity index is 599. The van der Waals surface area contributed by atoms with Crippen LogP contribution in [0.25, 0.3) is 11.1 Å². The molecule has 0 saturated heterocycles. The number of hydrogen-bond acceptors (Lipinski definition) is 0. The maximum Gasteiger partial charge on any atom is 0.0635 e. The van der Waals surface area contributed by atoms with E-state index in [9.17, 15) is 0 Å². The van der Waals surface area contributed by atoms with Gasteiger partial charge in [0, 0.05) is 15.1 Å². The van der Waals surface area contributed by atoms with Gasteiger partial charge in [-0.05, 0) is 17.7 Å². The lowest BCUT2D eigenvalue weighted by atomic mass is 10.1. The summed E-state index contributed by atoms with van der Waals surface area (Å²) in [4.78, 5) is 0. The summed E-state index contributed by atoms with van der Waals surface area (Å²) in [5.41, 5.74) is 0.963. The second kappa shape index (κ2) is 4.16. The van der Waals surface area contributed by atoms with Crippen molar-refractivity contribution in [3.05, 3.63) is 57.9 Å². The van der Waals surface area contributed by atoms with Gasteiger partial charge in [0.25, 0.3) is 0 Å². The summed E-state index contributed by atoms with van der Waals surface area (Å²) in [6.45, 7) is 0. The number of hydrogen-bond donors (Lipinski definition) is 0. The van der Waals surface area contributed by atoms with E-state index in [0.29, 0.717) is 20.6 Å². The van der Waals surface area contributed by atoms with Crippen LogP contribution in [-0.2, 0) is 0 Å². The first-order valence-electron chi connectivity index (χ1n) is 5.96. The average Bonchev–Trinajstić information content (AvgIpc) is 2.36. The SMILES string of the molecule is [2H]c1c([2H])c([2H])c(-c2ccccc2Cl)c(Br)c1[2H]. The number of halogens is 2. The van der Waals surface area contributed by atoms with Crippen molar-refractivity contribution in [3.8, 4) is 11.1 Å². The molecule has 2 aromatic rings. The van der Waals surface area contributed by atoms with Crippen molar-refractivity contribution in [2.75, 3.05) is 0 Å². The molecule has 0 aliphatic heterocycles. The Labute approximate surface area is 102 Å². The highest BCUT2D eigenvalue weighted by Gasteiger charge is 2.04. The molecule has 0 N–H and O–H groups in total. The van der Waals surface area contributed by atoms with Crippen LogP contribution in [0.1, 0.15) is 5.48 Å². The Morgan fingerprint density at radius 1 is 1.07 bits per heavy atom. The monoisotopic (exact) mass is 270 g/mol. The summed E-state index contributed by atoms with van der Waals surface area (Å²) in [6, 6.07) is 6.22. The molecule has 2 heteroatoms. The minimum absolute atomic E-state index is 0.101. The fourth-order valence-electron chi connectivity index (χ4n) is 1.15. The van der Waals surface area contributed by atoms with Crippen LogP contribution in [0.15, 0.2) is 52.9 Å². The zero-order chi connectivity index (χ0) is 13.4. The minimum Gasteiger partial charge on any atom is -0.0837 e. The molecule has 2 rings (SSSR count). The third kappa shape index (κ3) is 1.84. The van der Waals surface area contributed by atoms with E-state index in [1.165, 1.54) is 0 Å². The molecule has 2 aromatic carbocycles. The van der Waals surface area contributed by atoms with Crippen LogP contribution < -0.4 is 0 Å². The first kappa shape index (κ1) is 5.94. The zero-order valence-electron chi connectivity index (χ0n) is 11.1. The Morgan fingerprint density at radius 3 is 2.57 bits per heavy atom. The van der Waals surface area contributed by atoms with Gasteiger partial charge in [-0.1, -0.05) is 63.9 Å². The molecule has 0 aromatic heterocycles. The molecular weight excluding hydrogens is 259 g/mol. The van der Waals surface area contributed by atoms with Crippen LogP contribution in [0.3, 0.4) is 0 Å². The van der Waals surface area contributed by atoms with Crippen molar-refractivity contribution in [3.63, 3.8) is 0 Å². The molecule has 0 saturated carbocycles. The van der Waals surface area contributed by atoms with Gasteiger partial charge < -0.3 is 0 Å². The predicted octanol–water partition coefficient (Wildman–Crippen LogP) is 4.77. The lowest BCUT2D eigenvalue weighted by Gasteiger charge is -2.05. The molecule has 70 valence electrons. The van der Waals surface area contributed by atoms with E-state index in [1.54, 1.807) is 24.3 Å². The zero-order valence-corrected chi connectivity index (χ0v) is 9.41. The van der Waals surface area contributed by atoms with E-state index in [2.05, 4.69) is 15.9 Å². The first-order valence-corrected chi connectivity index (χ1v) is 5.13. The Hall–Kier alpha value is -0.790. The lowest BCUT2D eigenvalue weighted by molar-refractivity contribution is 1.58. The molecule has 0 nitrogen and oxygen atoms in total. The minimum atomic E-state index is -0.266. The molecule has 0 atom stereocenters. The second-order valence-electron chi connectivity index (χ2n) is 2.67. The quantitative estimate of drug-likeness (QED) is 0.701. The molecule has 0 aliphatic carbocycles. The standard InChI is InChI=1S/C12H8BrCl/c13-11-7-3-1-5-9(11)10-6-2-4-8-12(10)14/h1-8H/i1D,3D,5D,7D. The molecule has 0 fully saturated rings. The van der Waals surface area contributed by atoms with Gasteiger partial charge in [-0.2, -0.15) is 0 Å². The van der Waals surface area contributed by atoms with Gasteiger partial charge in [-0.3, -0.25) is 0 Å². The molecular formula is C12H8BrCl. The Morgan fingerprint density at radius 2 is 1.79 bits per heavy atom. The van der Waals surface area contributed by atoms with Gasteiger partial charge >= 0.3 is 0 Å². The van der Waals surface area contributed by atoms with E-state index in [1.807, 2.05) is 0 Å². The van der Waals surface area contributed by atoms with Gasteiger partial charge in [0.1, 0.15) is 0 Å². The van der Waals surface area contributed by atoms with Crippen molar-refractivity contribution in [2.24, 2.45) is 0 Å². The summed E-state index contributed by atoms with van der Waals surface area (Å²) in [6.07, 6.45) is 0. The van der Waals surface area contributed by atoms with Crippen LogP contribution in [0.2, 0.25) is 5.02 Å². The molecule has 0 spiro atoms. The third-order valence-electron chi connectivity index (χ3n) is 1.78. The third-order valence-corrected chi connectivity index (χ3v) is 2.71. The van der Waals surface area contributed by atoms with Crippen LogP contribution in [0.5, 0.6) is 0 Å². The number of benzene rings is 2. The highest BCUT2D eigenvalue weighted by atomic mass is 79.9. The van der Waals surface area contributed by atoms with Gasteiger partial charge in [-0.25, -0.2) is 0 Å². The normalized spacial score (nSPS) is 14.1. The molecule has 0 unspecified atom stereocenters. The van der Waals surface area contributed by atoms with Crippen LogP contribution >= 0.6 is 27.5 Å². The largest absolute Gasteiger partial charge is 0.0837 e. The van der Waals surface area contributed by atoms with Crippen molar-refractivity contribution in [1.29, 1.82) is 0 Å². The topological polar surface area (TPSA) is 0 Å². The average molecular weight is 272 g/mol. The van der Waals surface area contributed by atoms with Gasteiger partial charge in [0.05, 0.1) is 5.48 Å². The molecule has 0 bridgehead atoms. The van der Waals surface area contributed by atoms with Crippen LogP contribution in [-0.4, -0.2) is 0 Å². The summed E-state index contributed by atoms with van der Waals surface area (Å²) >= 11 is 9.29. The van der Waals surface area contributed by atoms with Crippen molar-refractivity contribution >= 4 is 27.5 Å². The fourth-order valence-corrected chi connectivity index (χ4v) is 1.79. The highest BCUT2D eigenvalue weighted by Crippen LogP contribution is 2.32. The molecule has 0 radical (unpaired) electrons. The smallest absolute Gasteiger partial charge is 0.0635 e. The van der Waals surface area contributed by atoms with E-state index in [0.717, 1.165) is 0 Å². The number of rotatable bonds is 1. The molecule has 14 heavy (non-hydrogen) atoms. The van der Waals surface area contributed by atoms with E-state index in [-0.39, 0.29) is 24.2 Å². The summed E-state index contributed by atoms with van der Waals surface area (Å²) in [5, 5.41) is 0.447. The molecule has 0 heterocycles. The van der Waals surface area contributed by atoms with Crippen molar-refractivity contribution in [1.82, 2.24) is 0 Å². The van der Waals surface area contributed by atoms with Gasteiger partial charge in [-0.15, -0.1) is 0 Å². The highest BCUT2D eigenvalue weighted by molar-refractivity contribution is 9.10. The first-order chi connectivity index (χ1) is 8.45. The maximum atomic E-state index is 7.93. The fraction of sp³-hybridized carbons (Fsp3) is 0. The summed E-state index contributed by atoms with van der Waals surface area (Å²) < 4.78 is 31.3. The Kier molecular flexibility index (Phi) is 1.76. The van der Waals surface area contributed by atoms with Crippen molar-refractivity contribution < 1.29 is 5.48 Å². The van der Waals surface area contributed by atoms with E-state index < -0.39 is 0 Å². The van der Waals surface area contributed by atoms with Gasteiger partial charge in [0.15, 0.2) is 0 Å². The van der Waals surface area contributed by atoms with Crippen molar-refractivity contribution in [2.45, 2.75) is 0 Å². The van der Waals surface area contributed by atoms with Crippen LogP contribution in [0, 0.1) is 0 Å². The van der Waals surface area contributed by atoms with E-state index >= 15 is 0 Å². The Balaban J connectivity index is 2.85. The van der Waals surface area contributed by atoms with E-state index in [4.69, 9.17) is 17.1 Å². The maximum absolute atomic E-state index is 7.93. The molecule has 0 aliphatic rings. The second-order valence-corrected chi connectivity index (χ2v) is 3.87. The van der Waals surface area contributed by atoms with Gasteiger partial charge in [0.2, 0.25) is 0 Å². The van der Waals surface area contributed by atoms with Crippen LogP contribution in [0.4, 0.5) is 0 Å². The molecule has 0 amide bonds. The lowest BCUT2D eigenvalue weighted by Crippen LogP contribution is -1.80. The summed E-state index contributed by atoms with van der Waals surface area (Å²) in [5.74, 6) is 0. The predicted molar refractivity (Wildman–Crippen MR) is 64.6 cm³/mol.